The highest BCUT2D eigenvalue weighted by molar-refractivity contribution is 7.32. The Bertz CT molecular complexity index is 3580. The first-order valence-corrected chi connectivity index (χ1v) is 24.8. The molecule has 0 unspecified atom stereocenters. The number of hydrogen-bond acceptors (Lipinski definition) is 6. The summed E-state index contributed by atoms with van der Waals surface area (Å²) in [4.78, 5) is 0. The molecule has 0 aliphatic rings. The van der Waals surface area contributed by atoms with Gasteiger partial charge in [0.2, 0.25) is 0 Å². The van der Waals surface area contributed by atoms with Crippen LogP contribution in [0.2, 0.25) is 0 Å². The van der Waals surface area contributed by atoms with Crippen molar-refractivity contribution in [1.82, 2.24) is 0 Å². The van der Waals surface area contributed by atoms with Crippen LogP contribution in [0.5, 0.6) is 11.5 Å². The molecule has 0 radical (unpaired) electrons. The summed E-state index contributed by atoms with van der Waals surface area (Å²) in [6, 6.07) is 59.2. The SMILES string of the molecule is Cc1cc(C(C)(C)c2cc(C)c(Op3oc4ccc5ccccc5c4c4c(ccc5ccccc54)o3)c(C)c2)cc(C)c1Op1oc2ccc3ccccc3c2c2c(ccc3ccccc32)o1. The smallest absolute Gasteiger partial charge is 0.390 e. The lowest BCUT2D eigenvalue weighted by molar-refractivity contribution is 0.492. The minimum Gasteiger partial charge on any atom is -0.390 e. The Morgan fingerprint density at radius 3 is 0.866 bits per heavy atom. The predicted molar refractivity (Wildman–Crippen MR) is 279 cm³/mol. The zero-order valence-electron chi connectivity index (χ0n) is 38.0. The third-order valence-electron chi connectivity index (χ3n) is 13.5. The molecule has 2 heterocycles. The second-order valence-corrected chi connectivity index (χ2v) is 20.1. The fraction of sp³-hybridized carbons (Fsp3) is 0.119. The van der Waals surface area contributed by atoms with Crippen LogP contribution >= 0.6 is 16.5 Å². The van der Waals surface area contributed by atoms with Crippen molar-refractivity contribution in [3.8, 4) is 11.5 Å². The number of aryl methyl sites for hydroxylation is 4. The summed E-state index contributed by atoms with van der Waals surface area (Å²) >= 11 is 0. The van der Waals surface area contributed by atoms with Gasteiger partial charge in [0.1, 0.15) is 33.8 Å². The average molecular weight is 913 g/mol. The van der Waals surface area contributed by atoms with Gasteiger partial charge in [0.05, 0.1) is 0 Å². The summed E-state index contributed by atoms with van der Waals surface area (Å²) in [7, 11) is -3.74. The Morgan fingerprint density at radius 2 is 0.597 bits per heavy atom. The van der Waals surface area contributed by atoms with Crippen molar-refractivity contribution in [3.63, 3.8) is 0 Å². The summed E-state index contributed by atoms with van der Waals surface area (Å²) in [5.74, 6) is 1.51. The molecule has 0 saturated carbocycles. The average Bonchev–Trinajstić information content (AvgIpc) is 3.61. The molecule has 12 aromatic rings. The van der Waals surface area contributed by atoms with Crippen LogP contribution < -0.4 is 9.05 Å². The van der Waals surface area contributed by atoms with Gasteiger partial charge >= 0.3 is 16.5 Å². The van der Waals surface area contributed by atoms with Gasteiger partial charge in [-0.1, -0.05) is 159 Å². The van der Waals surface area contributed by atoms with Crippen molar-refractivity contribution in [2.24, 2.45) is 0 Å². The topological polar surface area (TPSA) is 71.0 Å². The van der Waals surface area contributed by atoms with Crippen LogP contribution in [0.1, 0.15) is 47.2 Å². The summed E-state index contributed by atoms with van der Waals surface area (Å²) in [6.45, 7) is 12.9. The molecule has 328 valence electrons. The molecule has 8 heteroatoms. The first kappa shape index (κ1) is 41.1. The van der Waals surface area contributed by atoms with Crippen LogP contribution in [0, 0.1) is 27.7 Å². The van der Waals surface area contributed by atoms with Gasteiger partial charge in [-0.05, 0) is 128 Å². The van der Waals surface area contributed by atoms with Gasteiger partial charge in [-0.25, -0.2) is 0 Å². The van der Waals surface area contributed by atoms with Gasteiger partial charge < -0.3 is 25.8 Å². The van der Waals surface area contributed by atoms with Gasteiger partial charge in [0, 0.05) is 27.0 Å². The maximum absolute atomic E-state index is 6.81. The molecule has 12 rings (SSSR count). The molecule has 2 aromatic heterocycles. The standard InChI is InChI=1S/C59H46O6P2/c1-35-31-43(32-36(2)57(35)64-66-60-49-27-23-39-15-7-11-19-45(39)53(49)54-46-20-12-8-16-40(46)24-28-50(54)61-66)59(5,6)44-33-37(3)58(38(4)34-44)65-67-62-51-29-25-41-17-9-13-21-47(41)55(51)56-48-22-14-10-18-42(48)26-30-52(56)63-67/h7-34H,1-6H3. The first-order chi connectivity index (χ1) is 32.6. The zero-order chi connectivity index (χ0) is 45.6. The van der Waals surface area contributed by atoms with E-state index < -0.39 is 16.5 Å². The van der Waals surface area contributed by atoms with E-state index in [4.69, 9.17) is 25.8 Å². The van der Waals surface area contributed by atoms with Gasteiger partial charge in [0.15, 0.2) is 0 Å². The Hall–Kier alpha value is -7.36. The largest absolute Gasteiger partial charge is 0.453 e. The highest BCUT2D eigenvalue weighted by Gasteiger charge is 2.28. The molecule has 0 saturated heterocycles. The van der Waals surface area contributed by atoms with Gasteiger partial charge in [-0.2, -0.15) is 0 Å². The van der Waals surface area contributed by atoms with E-state index in [9.17, 15) is 0 Å². The van der Waals surface area contributed by atoms with Gasteiger partial charge in [0.25, 0.3) is 0 Å². The fourth-order valence-electron chi connectivity index (χ4n) is 10.0. The number of hydrogen-bond donors (Lipinski definition) is 0. The fourth-order valence-corrected chi connectivity index (χ4v) is 12.3. The van der Waals surface area contributed by atoms with E-state index in [0.29, 0.717) is 0 Å². The van der Waals surface area contributed by atoms with E-state index in [1.54, 1.807) is 0 Å². The van der Waals surface area contributed by atoms with Crippen LogP contribution in [-0.2, 0) is 5.41 Å². The lowest BCUT2D eigenvalue weighted by atomic mass is 9.76. The summed E-state index contributed by atoms with van der Waals surface area (Å²) in [5, 5.41) is 13.0. The summed E-state index contributed by atoms with van der Waals surface area (Å²) < 4.78 is 40.6. The Morgan fingerprint density at radius 1 is 0.343 bits per heavy atom. The maximum Gasteiger partial charge on any atom is 0.453 e. The zero-order valence-corrected chi connectivity index (χ0v) is 39.8. The van der Waals surface area contributed by atoms with Crippen LogP contribution in [-0.4, -0.2) is 0 Å². The lowest BCUT2D eigenvalue weighted by Crippen LogP contribution is -2.20. The third-order valence-corrected chi connectivity index (χ3v) is 15.5. The van der Waals surface area contributed by atoms with Crippen molar-refractivity contribution < 1.29 is 25.8 Å². The molecule has 0 fully saturated rings. The van der Waals surface area contributed by atoms with Crippen molar-refractivity contribution in [1.29, 1.82) is 0 Å². The van der Waals surface area contributed by atoms with E-state index in [1.807, 2.05) is 24.3 Å². The summed E-state index contributed by atoms with van der Waals surface area (Å²) in [6.07, 6.45) is 0. The molecule has 6 nitrogen and oxygen atoms in total. The molecule has 0 aliphatic heterocycles. The molecule has 0 aliphatic carbocycles. The third kappa shape index (κ3) is 6.94. The van der Waals surface area contributed by atoms with Crippen molar-refractivity contribution in [2.75, 3.05) is 0 Å². The normalized spacial score (nSPS) is 12.0. The Labute approximate surface area is 389 Å². The molecule has 67 heavy (non-hydrogen) atoms. The maximum atomic E-state index is 6.81. The molecule has 0 amide bonds. The molecular weight excluding hydrogens is 867 g/mol. The highest BCUT2D eigenvalue weighted by Crippen LogP contribution is 2.47. The summed E-state index contributed by atoms with van der Waals surface area (Å²) in [5.41, 5.74) is 8.91. The quantitative estimate of drug-likeness (QED) is 0.165. The number of fused-ring (bicyclic) bond motifs is 14. The Kier molecular flexibility index (Phi) is 9.76. The van der Waals surface area contributed by atoms with Crippen molar-refractivity contribution in [3.05, 3.63) is 203 Å². The van der Waals surface area contributed by atoms with Crippen LogP contribution in [0.3, 0.4) is 0 Å². The van der Waals surface area contributed by atoms with Crippen molar-refractivity contribution in [2.45, 2.75) is 47.0 Å². The van der Waals surface area contributed by atoms with Gasteiger partial charge in [-0.15, -0.1) is 0 Å². The van der Waals surface area contributed by atoms with E-state index in [1.165, 1.54) is 11.1 Å². The number of benzene rings is 10. The predicted octanol–water partition coefficient (Wildman–Crippen LogP) is 18.7. The van der Waals surface area contributed by atoms with E-state index in [0.717, 1.165) is 121 Å². The minimum atomic E-state index is -1.87. The molecule has 0 spiro atoms. The molecule has 0 N–H and O–H groups in total. The molecule has 0 atom stereocenters. The van der Waals surface area contributed by atoms with E-state index in [2.05, 4.69) is 187 Å². The molecule has 0 bridgehead atoms. The van der Waals surface area contributed by atoms with Gasteiger partial charge in [-0.3, -0.25) is 0 Å². The second-order valence-electron chi connectivity index (χ2n) is 18.1. The van der Waals surface area contributed by atoms with Crippen LogP contribution in [0.4, 0.5) is 0 Å². The lowest BCUT2D eigenvalue weighted by Gasteiger charge is -2.29. The van der Waals surface area contributed by atoms with Crippen molar-refractivity contribution >= 4 is 103 Å². The molecule has 10 aromatic carbocycles. The first-order valence-electron chi connectivity index (χ1n) is 22.6. The second kappa shape index (κ2) is 15.9. The molecular formula is C59H46O6P2. The van der Waals surface area contributed by atoms with Crippen LogP contribution in [0.25, 0.3) is 87.0 Å². The number of rotatable bonds is 6. The van der Waals surface area contributed by atoms with E-state index >= 15 is 0 Å². The van der Waals surface area contributed by atoms with Crippen LogP contribution in [0.15, 0.2) is 187 Å². The Balaban J connectivity index is 0.910. The highest BCUT2D eigenvalue weighted by atomic mass is 31.1. The van der Waals surface area contributed by atoms with E-state index in [-0.39, 0.29) is 5.41 Å². The monoisotopic (exact) mass is 912 g/mol. The minimum absolute atomic E-state index is 0.372.